The van der Waals surface area contributed by atoms with Crippen LogP contribution in [-0.2, 0) is 10.6 Å². The highest BCUT2D eigenvalue weighted by Gasteiger charge is 2.49. The monoisotopic (exact) mass is 475 g/mol. The minimum atomic E-state index is -0.806. The van der Waals surface area contributed by atoms with Gasteiger partial charge >= 0.3 is 0 Å². The number of ether oxygens (including phenoxy) is 1. The van der Waals surface area contributed by atoms with E-state index in [2.05, 4.69) is 39.4 Å². The molecule has 8 heteroatoms. The SMILES string of the molecule is CCNC[C@]1(c2ccc(F)cc2)ON=C2/C(=C/c3ccc(-n4cnc(C)c4)c(OC)c3)CCCN21. The summed E-state index contributed by atoms with van der Waals surface area (Å²) in [5.41, 5.74) is 4.07. The van der Waals surface area contributed by atoms with Crippen molar-refractivity contribution in [3.05, 3.63) is 83.2 Å². The number of nitrogens with zero attached hydrogens (tertiary/aromatic N) is 4. The van der Waals surface area contributed by atoms with Crippen LogP contribution < -0.4 is 10.1 Å². The van der Waals surface area contributed by atoms with Gasteiger partial charge in [0.2, 0.25) is 5.72 Å². The Morgan fingerprint density at radius 1 is 1.23 bits per heavy atom. The molecule has 0 amide bonds. The van der Waals surface area contributed by atoms with E-state index in [0.717, 1.165) is 65.6 Å². The van der Waals surface area contributed by atoms with Gasteiger partial charge in [-0.25, -0.2) is 9.37 Å². The van der Waals surface area contributed by atoms with Crippen LogP contribution in [0.1, 0.15) is 36.6 Å². The Morgan fingerprint density at radius 2 is 2.06 bits per heavy atom. The number of benzene rings is 2. The molecule has 1 fully saturated rings. The first-order valence-electron chi connectivity index (χ1n) is 11.9. The van der Waals surface area contributed by atoms with E-state index in [0.29, 0.717) is 6.54 Å². The summed E-state index contributed by atoms with van der Waals surface area (Å²) in [5.74, 6) is 1.32. The molecule has 35 heavy (non-hydrogen) atoms. The number of aryl methyl sites for hydroxylation is 1. The molecule has 2 aliphatic heterocycles. The predicted octanol–water partition coefficient (Wildman–Crippen LogP) is 4.61. The number of oxime groups is 1. The Kier molecular flexibility index (Phi) is 6.30. The fourth-order valence-electron chi connectivity index (χ4n) is 4.78. The van der Waals surface area contributed by atoms with Gasteiger partial charge < -0.3 is 24.4 Å². The van der Waals surface area contributed by atoms with Crippen LogP contribution in [0, 0.1) is 12.7 Å². The number of methoxy groups -OCH3 is 1. The average molecular weight is 476 g/mol. The van der Waals surface area contributed by atoms with E-state index in [-0.39, 0.29) is 5.82 Å². The Hall–Kier alpha value is -3.65. The van der Waals surface area contributed by atoms with Gasteiger partial charge in [0, 0.05) is 18.3 Å². The van der Waals surface area contributed by atoms with Crippen molar-refractivity contribution in [3.8, 4) is 11.4 Å². The number of halogens is 1. The smallest absolute Gasteiger partial charge is 0.249 e. The molecule has 0 aliphatic carbocycles. The predicted molar refractivity (Wildman–Crippen MR) is 134 cm³/mol. The van der Waals surface area contributed by atoms with Crippen molar-refractivity contribution in [1.29, 1.82) is 0 Å². The van der Waals surface area contributed by atoms with Crippen LogP contribution in [-0.4, -0.2) is 47.0 Å². The second-order valence-corrected chi connectivity index (χ2v) is 8.86. The van der Waals surface area contributed by atoms with E-state index in [1.807, 2.05) is 29.8 Å². The average Bonchev–Trinajstić information content (AvgIpc) is 3.48. The third-order valence-corrected chi connectivity index (χ3v) is 6.53. The zero-order chi connectivity index (χ0) is 24.4. The molecular weight excluding hydrogens is 445 g/mol. The highest BCUT2D eigenvalue weighted by Crippen LogP contribution is 2.40. The Balaban J connectivity index is 1.47. The maximum Gasteiger partial charge on any atom is 0.249 e. The van der Waals surface area contributed by atoms with Gasteiger partial charge in [-0.05, 0) is 67.8 Å². The van der Waals surface area contributed by atoms with Crippen LogP contribution >= 0.6 is 0 Å². The number of nitrogens with one attached hydrogen (secondary N) is 1. The normalized spacial score (nSPS) is 20.5. The van der Waals surface area contributed by atoms with Crippen LogP contribution in [0.4, 0.5) is 4.39 Å². The summed E-state index contributed by atoms with van der Waals surface area (Å²) in [6.07, 6.45) is 7.76. The van der Waals surface area contributed by atoms with Crippen molar-refractivity contribution in [2.45, 2.75) is 32.4 Å². The van der Waals surface area contributed by atoms with Gasteiger partial charge in [-0.1, -0.05) is 30.3 Å². The van der Waals surface area contributed by atoms with E-state index in [9.17, 15) is 4.39 Å². The van der Waals surface area contributed by atoms with Crippen LogP contribution in [0.15, 0.2) is 65.7 Å². The maximum atomic E-state index is 13.7. The number of rotatable bonds is 7. The molecule has 0 spiro atoms. The molecule has 182 valence electrons. The first kappa shape index (κ1) is 23.1. The quantitative estimate of drug-likeness (QED) is 0.541. The third kappa shape index (κ3) is 4.30. The molecule has 3 aromatic rings. The summed E-state index contributed by atoms with van der Waals surface area (Å²) >= 11 is 0. The standard InChI is InChI=1S/C27H30FN5O2/c1-4-29-17-27(22-8-10-23(28)11-9-22)33-13-5-6-21(26(33)31-35-27)14-20-7-12-24(25(15-20)34-3)32-16-19(2)30-18-32/h7-12,14-16,18,29H,4-6,13,17H2,1-3H3/b21-14+/t27-/m1/s1. The van der Waals surface area contributed by atoms with Gasteiger partial charge in [-0.2, -0.15) is 0 Å². The minimum Gasteiger partial charge on any atom is -0.495 e. The molecule has 1 aromatic heterocycles. The summed E-state index contributed by atoms with van der Waals surface area (Å²) in [5, 5.41) is 7.95. The van der Waals surface area contributed by atoms with E-state index in [4.69, 9.17) is 9.57 Å². The van der Waals surface area contributed by atoms with Gasteiger partial charge in [-0.15, -0.1) is 0 Å². The molecule has 0 unspecified atom stereocenters. The lowest BCUT2D eigenvalue weighted by atomic mass is 9.94. The Bertz CT molecular complexity index is 1270. The van der Waals surface area contributed by atoms with Crippen LogP contribution in [0.25, 0.3) is 11.8 Å². The maximum absolute atomic E-state index is 13.7. The molecule has 0 radical (unpaired) electrons. The van der Waals surface area contributed by atoms with E-state index >= 15 is 0 Å². The Labute approximate surface area is 204 Å². The van der Waals surface area contributed by atoms with Gasteiger partial charge in [0.25, 0.3) is 0 Å². The fraction of sp³-hybridized carbons (Fsp3) is 0.333. The number of hydrogen-bond donors (Lipinski definition) is 1. The lowest BCUT2D eigenvalue weighted by Gasteiger charge is -2.40. The number of piperidine rings is 1. The number of imidazole rings is 1. The van der Waals surface area contributed by atoms with Crippen molar-refractivity contribution in [2.75, 3.05) is 26.7 Å². The summed E-state index contributed by atoms with van der Waals surface area (Å²) in [7, 11) is 1.68. The number of fused-ring (bicyclic) bond motifs is 1. The largest absolute Gasteiger partial charge is 0.495 e. The van der Waals surface area contributed by atoms with Gasteiger partial charge in [0.1, 0.15) is 11.6 Å². The lowest BCUT2D eigenvalue weighted by molar-refractivity contribution is -0.104. The Morgan fingerprint density at radius 3 is 2.77 bits per heavy atom. The first-order valence-corrected chi connectivity index (χ1v) is 11.9. The number of aromatic nitrogens is 2. The zero-order valence-corrected chi connectivity index (χ0v) is 20.3. The van der Waals surface area contributed by atoms with Crippen molar-refractivity contribution < 1.29 is 14.0 Å². The third-order valence-electron chi connectivity index (χ3n) is 6.53. The second-order valence-electron chi connectivity index (χ2n) is 8.86. The van der Waals surface area contributed by atoms with Gasteiger partial charge in [0.15, 0.2) is 5.84 Å². The summed E-state index contributed by atoms with van der Waals surface area (Å²) < 4.78 is 21.3. The molecule has 5 rings (SSSR count). The number of hydrogen-bond acceptors (Lipinski definition) is 6. The van der Waals surface area contributed by atoms with Crippen molar-refractivity contribution >= 4 is 11.9 Å². The highest BCUT2D eigenvalue weighted by atomic mass is 19.1. The molecule has 0 bridgehead atoms. The molecule has 1 atom stereocenters. The molecule has 0 saturated carbocycles. The summed E-state index contributed by atoms with van der Waals surface area (Å²) in [6, 6.07) is 12.6. The molecule has 2 aliphatic rings. The fourth-order valence-corrected chi connectivity index (χ4v) is 4.78. The van der Waals surface area contributed by atoms with E-state index in [1.165, 1.54) is 12.1 Å². The highest BCUT2D eigenvalue weighted by molar-refractivity contribution is 6.03. The second kappa shape index (κ2) is 9.54. The molecule has 2 aromatic carbocycles. The van der Waals surface area contributed by atoms with Crippen molar-refractivity contribution in [1.82, 2.24) is 19.8 Å². The van der Waals surface area contributed by atoms with E-state index in [1.54, 1.807) is 25.6 Å². The summed E-state index contributed by atoms with van der Waals surface area (Å²) in [4.78, 5) is 12.7. The molecule has 3 heterocycles. The van der Waals surface area contributed by atoms with Crippen LogP contribution in [0.2, 0.25) is 0 Å². The van der Waals surface area contributed by atoms with Gasteiger partial charge in [-0.3, -0.25) is 0 Å². The first-order chi connectivity index (χ1) is 17.0. The van der Waals surface area contributed by atoms with Crippen molar-refractivity contribution in [2.24, 2.45) is 5.16 Å². The summed E-state index contributed by atoms with van der Waals surface area (Å²) in [6.45, 7) is 6.16. The lowest BCUT2D eigenvalue weighted by Crippen LogP contribution is -2.54. The number of amidine groups is 1. The van der Waals surface area contributed by atoms with Crippen LogP contribution in [0.5, 0.6) is 5.75 Å². The molecule has 7 nitrogen and oxygen atoms in total. The van der Waals surface area contributed by atoms with Crippen LogP contribution in [0.3, 0.4) is 0 Å². The van der Waals surface area contributed by atoms with Gasteiger partial charge in [0.05, 0.1) is 31.4 Å². The minimum absolute atomic E-state index is 0.269. The topological polar surface area (TPSA) is 63.9 Å². The zero-order valence-electron chi connectivity index (χ0n) is 20.3. The molecule has 1 N–H and O–H groups in total. The molecular formula is C27H30FN5O2. The molecule has 1 saturated heterocycles. The number of likely N-dealkylation sites (N-methyl/N-ethyl adjacent to an activating group) is 1. The van der Waals surface area contributed by atoms with E-state index < -0.39 is 5.72 Å². The van der Waals surface area contributed by atoms with Crippen molar-refractivity contribution in [3.63, 3.8) is 0 Å².